The number of benzene rings is 2. The van der Waals surface area contributed by atoms with Gasteiger partial charge in [0.2, 0.25) is 0 Å². The normalized spacial score (nSPS) is 16.2. The largest absolute Gasteiger partial charge is 0.317 e. The molecule has 0 saturated carbocycles. The molecule has 26 heavy (non-hydrogen) atoms. The first-order valence-electron chi connectivity index (χ1n) is 8.71. The monoisotopic (exact) mass is 373 g/mol. The summed E-state index contributed by atoms with van der Waals surface area (Å²) in [6.07, 6.45) is 1.64. The Morgan fingerprint density at radius 3 is 2.54 bits per heavy atom. The molecule has 0 spiro atoms. The molecule has 0 unspecified atom stereocenters. The number of hydrogen-bond acceptors (Lipinski definition) is 4. The summed E-state index contributed by atoms with van der Waals surface area (Å²) in [5.74, 6) is -0.534. The first-order valence-corrected chi connectivity index (χ1v) is 10.3. The van der Waals surface area contributed by atoms with E-state index >= 15 is 0 Å². The average Bonchev–Trinajstić information content (AvgIpc) is 3.05. The minimum absolute atomic E-state index is 0.0591. The molecule has 0 aliphatic carbocycles. The lowest BCUT2D eigenvalue weighted by Crippen LogP contribution is -2.27. The quantitative estimate of drug-likeness (QED) is 0.764. The van der Waals surface area contributed by atoms with Gasteiger partial charge in [-0.15, -0.1) is 0 Å². The van der Waals surface area contributed by atoms with Crippen LogP contribution in [0.3, 0.4) is 0 Å². The van der Waals surface area contributed by atoms with Crippen molar-refractivity contribution in [1.82, 2.24) is 14.5 Å². The van der Waals surface area contributed by atoms with Gasteiger partial charge in [0.25, 0.3) is 10.0 Å². The Morgan fingerprint density at radius 1 is 1.08 bits per heavy atom. The predicted molar refractivity (Wildman–Crippen MR) is 99.0 cm³/mol. The Morgan fingerprint density at radius 2 is 1.81 bits per heavy atom. The number of hydrogen-bond donors (Lipinski definition) is 1. The van der Waals surface area contributed by atoms with Gasteiger partial charge in [-0.3, -0.25) is 0 Å². The molecule has 0 bridgehead atoms. The van der Waals surface area contributed by atoms with Crippen LogP contribution in [0.5, 0.6) is 0 Å². The van der Waals surface area contributed by atoms with Crippen molar-refractivity contribution >= 4 is 20.9 Å². The van der Waals surface area contributed by atoms with Crippen molar-refractivity contribution < 1.29 is 12.8 Å². The van der Waals surface area contributed by atoms with Gasteiger partial charge < -0.3 is 5.32 Å². The van der Waals surface area contributed by atoms with Gasteiger partial charge in [-0.25, -0.2) is 12.8 Å². The van der Waals surface area contributed by atoms with Gasteiger partial charge in [-0.05, 0) is 43.6 Å². The molecule has 0 amide bonds. The maximum absolute atomic E-state index is 14.6. The Labute approximate surface area is 151 Å². The lowest BCUT2D eigenvalue weighted by Gasteiger charge is -2.21. The van der Waals surface area contributed by atoms with Crippen LogP contribution in [0.2, 0.25) is 0 Å². The van der Waals surface area contributed by atoms with E-state index in [0.29, 0.717) is 22.2 Å². The van der Waals surface area contributed by atoms with Crippen LogP contribution in [0.25, 0.3) is 10.9 Å². The highest BCUT2D eigenvalue weighted by Gasteiger charge is 2.27. The molecule has 0 atom stereocenters. The average molecular weight is 373 g/mol. The van der Waals surface area contributed by atoms with Crippen LogP contribution in [-0.4, -0.2) is 30.7 Å². The summed E-state index contributed by atoms with van der Waals surface area (Å²) in [6, 6.07) is 13.5. The zero-order valence-electron chi connectivity index (χ0n) is 14.2. The summed E-state index contributed by atoms with van der Waals surface area (Å²) in [7, 11) is -3.75. The standard InChI is InChI=1S/C19H20FN3O2S/c20-16-7-4-8-17-18(16)19(15-9-11-21-12-10-15)22-23(17)26(24,25)13-14-5-2-1-3-6-14/h1-8,15,21H,9-13H2. The topological polar surface area (TPSA) is 64.0 Å². The number of aromatic nitrogens is 2. The van der Waals surface area contributed by atoms with Crippen molar-refractivity contribution in [2.24, 2.45) is 0 Å². The number of piperidine rings is 1. The summed E-state index contributed by atoms with van der Waals surface area (Å²) >= 11 is 0. The van der Waals surface area contributed by atoms with Crippen LogP contribution in [0, 0.1) is 5.82 Å². The molecule has 1 N–H and O–H groups in total. The highest BCUT2D eigenvalue weighted by atomic mass is 32.2. The lowest BCUT2D eigenvalue weighted by molar-refractivity contribution is 0.452. The number of rotatable bonds is 4. The summed E-state index contributed by atoms with van der Waals surface area (Å²) in [5.41, 5.74) is 1.54. The number of fused-ring (bicyclic) bond motifs is 1. The van der Waals surface area contributed by atoms with Gasteiger partial charge >= 0.3 is 0 Å². The third-order valence-electron chi connectivity index (χ3n) is 4.83. The first-order chi connectivity index (χ1) is 12.6. The molecule has 3 aromatic rings. The van der Waals surface area contributed by atoms with Crippen LogP contribution >= 0.6 is 0 Å². The maximum atomic E-state index is 14.6. The fourth-order valence-corrected chi connectivity index (χ4v) is 4.97. The molecule has 1 fully saturated rings. The Bertz CT molecular complexity index is 1030. The van der Waals surface area contributed by atoms with E-state index in [2.05, 4.69) is 10.4 Å². The van der Waals surface area contributed by atoms with E-state index in [0.717, 1.165) is 30.0 Å². The fraction of sp³-hybridized carbons (Fsp3) is 0.316. The lowest BCUT2D eigenvalue weighted by atomic mass is 9.92. The molecule has 5 nitrogen and oxygen atoms in total. The number of nitrogens with one attached hydrogen (secondary N) is 1. The Hall–Kier alpha value is -2.25. The molecule has 1 aromatic heterocycles. The van der Waals surface area contributed by atoms with Crippen LogP contribution in [0.15, 0.2) is 48.5 Å². The molecule has 1 aliphatic rings. The van der Waals surface area contributed by atoms with E-state index in [1.165, 1.54) is 12.1 Å². The van der Waals surface area contributed by atoms with Crippen molar-refractivity contribution in [3.8, 4) is 0 Å². The van der Waals surface area contributed by atoms with Gasteiger partial charge in [0.05, 0.1) is 22.3 Å². The van der Waals surface area contributed by atoms with Gasteiger partial charge in [-0.1, -0.05) is 36.4 Å². The van der Waals surface area contributed by atoms with Crippen molar-refractivity contribution in [2.75, 3.05) is 13.1 Å². The molecule has 1 aliphatic heterocycles. The van der Waals surface area contributed by atoms with Crippen molar-refractivity contribution in [1.29, 1.82) is 0 Å². The van der Waals surface area contributed by atoms with E-state index in [1.54, 1.807) is 30.3 Å². The number of halogens is 1. The summed E-state index contributed by atoms with van der Waals surface area (Å²) in [5, 5.41) is 8.00. The fourth-order valence-electron chi connectivity index (χ4n) is 3.57. The first kappa shape index (κ1) is 17.2. The minimum Gasteiger partial charge on any atom is -0.317 e. The second-order valence-corrected chi connectivity index (χ2v) is 8.43. The van der Waals surface area contributed by atoms with E-state index < -0.39 is 15.8 Å². The summed E-state index contributed by atoms with van der Waals surface area (Å²) in [6.45, 7) is 1.65. The summed E-state index contributed by atoms with van der Waals surface area (Å²) < 4.78 is 41.6. The second kappa shape index (κ2) is 6.81. The molecule has 1 saturated heterocycles. The summed E-state index contributed by atoms with van der Waals surface area (Å²) in [4.78, 5) is 0. The van der Waals surface area contributed by atoms with E-state index in [-0.39, 0.29) is 11.7 Å². The zero-order chi connectivity index (χ0) is 18.1. The maximum Gasteiger partial charge on any atom is 0.258 e. The van der Waals surface area contributed by atoms with Gasteiger partial charge in [0.1, 0.15) is 5.82 Å². The van der Waals surface area contributed by atoms with Crippen LogP contribution in [0.1, 0.15) is 30.0 Å². The molecule has 2 heterocycles. The van der Waals surface area contributed by atoms with Crippen molar-refractivity contribution in [3.05, 3.63) is 65.6 Å². The van der Waals surface area contributed by atoms with E-state index in [9.17, 15) is 12.8 Å². The van der Waals surface area contributed by atoms with Crippen LogP contribution < -0.4 is 5.32 Å². The smallest absolute Gasteiger partial charge is 0.258 e. The molecule has 136 valence electrons. The third kappa shape index (κ3) is 3.12. The highest BCUT2D eigenvalue weighted by molar-refractivity contribution is 7.89. The van der Waals surface area contributed by atoms with Crippen molar-refractivity contribution in [2.45, 2.75) is 24.5 Å². The molecule has 4 rings (SSSR count). The van der Waals surface area contributed by atoms with E-state index in [1.807, 2.05) is 6.07 Å². The van der Waals surface area contributed by atoms with Gasteiger partial charge in [0.15, 0.2) is 0 Å². The molecular weight excluding hydrogens is 353 g/mol. The highest BCUT2D eigenvalue weighted by Crippen LogP contribution is 2.33. The third-order valence-corrected chi connectivity index (χ3v) is 6.34. The second-order valence-electron chi connectivity index (χ2n) is 6.63. The van der Waals surface area contributed by atoms with Gasteiger partial charge in [0, 0.05) is 5.92 Å². The number of nitrogens with zero attached hydrogens (tertiary/aromatic N) is 2. The Balaban J connectivity index is 1.83. The predicted octanol–water partition coefficient (Wildman–Crippen LogP) is 3.02. The van der Waals surface area contributed by atoms with Crippen molar-refractivity contribution in [3.63, 3.8) is 0 Å². The molecular formula is C19H20FN3O2S. The molecule has 7 heteroatoms. The SMILES string of the molecule is O=S(=O)(Cc1ccccc1)n1nc(C2CCNCC2)c2c(F)cccc21. The molecule has 2 aromatic carbocycles. The van der Waals surface area contributed by atoms with Crippen LogP contribution in [0.4, 0.5) is 4.39 Å². The van der Waals surface area contributed by atoms with E-state index in [4.69, 9.17) is 0 Å². The minimum atomic E-state index is -3.75. The molecule has 0 radical (unpaired) electrons. The Kier molecular flexibility index (Phi) is 4.50. The van der Waals surface area contributed by atoms with Crippen LogP contribution in [-0.2, 0) is 15.8 Å². The zero-order valence-corrected chi connectivity index (χ0v) is 15.0. The van der Waals surface area contributed by atoms with Gasteiger partial charge in [-0.2, -0.15) is 9.19 Å².